The highest BCUT2D eigenvalue weighted by Crippen LogP contribution is 2.28. The van der Waals surface area contributed by atoms with Gasteiger partial charge in [0.25, 0.3) is 0 Å². The fraction of sp³-hybridized carbons (Fsp3) is 0.421. The highest BCUT2D eigenvalue weighted by Gasteiger charge is 2.26. The molecule has 3 rings (SSSR count). The van der Waals surface area contributed by atoms with Crippen LogP contribution in [0.25, 0.3) is 0 Å². The zero-order chi connectivity index (χ0) is 18.7. The summed E-state index contributed by atoms with van der Waals surface area (Å²) in [5.41, 5.74) is 2.72. The molecule has 138 valence electrons. The number of nitrogens with zero attached hydrogens (tertiary/aromatic N) is 4. The zero-order valence-electron chi connectivity index (χ0n) is 15.7. The van der Waals surface area contributed by atoms with Crippen molar-refractivity contribution >= 4 is 17.5 Å². The molecule has 0 fully saturated rings. The quantitative estimate of drug-likeness (QED) is 0.913. The first-order valence-electron chi connectivity index (χ1n) is 8.81. The van der Waals surface area contributed by atoms with Crippen molar-refractivity contribution < 1.29 is 9.53 Å². The van der Waals surface area contributed by atoms with Crippen LogP contribution in [0.3, 0.4) is 0 Å². The van der Waals surface area contributed by atoms with E-state index >= 15 is 0 Å². The van der Waals surface area contributed by atoms with Crippen molar-refractivity contribution in [3.8, 4) is 5.75 Å². The van der Waals surface area contributed by atoms with Crippen LogP contribution in [0.1, 0.15) is 24.0 Å². The highest BCUT2D eigenvalue weighted by atomic mass is 16.5. The molecule has 2 amide bonds. The van der Waals surface area contributed by atoms with Crippen LogP contribution in [-0.2, 0) is 13.0 Å². The van der Waals surface area contributed by atoms with Gasteiger partial charge in [-0.2, -0.15) is 0 Å². The molecule has 2 heterocycles. The molecular formula is C19H25N5O2. The largest absolute Gasteiger partial charge is 0.492 e. The van der Waals surface area contributed by atoms with Crippen molar-refractivity contribution in [2.75, 3.05) is 37.5 Å². The van der Waals surface area contributed by atoms with Gasteiger partial charge in [0.05, 0.1) is 24.5 Å². The van der Waals surface area contributed by atoms with Gasteiger partial charge in [-0.05, 0) is 26.0 Å². The smallest absolute Gasteiger partial charge is 0.322 e. The van der Waals surface area contributed by atoms with E-state index < -0.39 is 0 Å². The molecule has 7 nitrogen and oxygen atoms in total. The number of carbonyl (C=O) groups excluding carboxylic acids is 1. The number of fused-ring (bicyclic) bond motifs is 1. The second-order valence-corrected chi connectivity index (χ2v) is 6.44. The third-order valence-corrected chi connectivity index (χ3v) is 4.29. The van der Waals surface area contributed by atoms with E-state index in [9.17, 15) is 4.79 Å². The van der Waals surface area contributed by atoms with Crippen molar-refractivity contribution in [2.45, 2.75) is 26.8 Å². The average Bonchev–Trinajstić information content (AvgIpc) is 2.62. The maximum atomic E-state index is 12.8. The second kappa shape index (κ2) is 7.59. The number of ether oxygens (including phenoxy) is 1. The maximum Gasteiger partial charge on any atom is 0.322 e. The molecule has 26 heavy (non-hydrogen) atoms. The van der Waals surface area contributed by atoms with Crippen LogP contribution in [0.4, 0.5) is 16.3 Å². The Morgan fingerprint density at radius 1 is 1.31 bits per heavy atom. The Morgan fingerprint density at radius 2 is 2.08 bits per heavy atom. The van der Waals surface area contributed by atoms with Gasteiger partial charge in [-0.25, -0.2) is 14.8 Å². The Kier molecular flexibility index (Phi) is 5.25. The van der Waals surface area contributed by atoms with Gasteiger partial charge in [0.1, 0.15) is 17.4 Å². The Labute approximate surface area is 154 Å². The minimum Gasteiger partial charge on any atom is -0.492 e. The first-order chi connectivity index (χ1) is 12.5. The Balaban J connectivity index is 1.80. The number of benzene rings is 1. The number of aryl methyl sites for hydroxylation is 1. The predicted molar refractivity (Wildman–Crippen MR) is 102 cm³/mol. The third kappa shape index (κ3) is 3.71. The molecule has 0 radical (unpaired) electrons. The van der Waals surface area contributed by atoms with E-state index in [4.69, 9.17) is 4.74 Å². The van der Waals surface area contributed by atoms with Gasteiger partial charge in [-0.3, -0.25) is 0 Å². The summed E-state index contributed by atoms with van der Waals surface area (Å²) in [6, 6.07) is 7.32. The van der Waals surface area contributed by atoms with Gasteiger partial charge in [-0.1, -0.05) is 12.1 Å². The van der Waals surface area contributed by atoms with E-state index in [1.807, 2.05) is 57.1 Å². The summed E-state index contributed by atoms with van der Waals surface area (Å²) >= 11 is 0. The van der Waals surface area contributed by atoms with Gasteiger partial charge in [0.2, 0.25) is 0 Å². The van der Waals surface area contributed by atoms with Gasteiger partial charge in [0, 0.05) is 32.6 Å². The van der Waals surface area contributed by atoms with E-state index in [2.05, 4.69) is 15.3 Å². The number of hydrogen-bond acceptors (Lipinski definition) is 5. The standard InChI is InChI=1S/C19H25N5O2/c1-5-26-17-9-7-6-8-16(17)22-19(25)24-11-10-15-14(12-24)18(23(3)4)21-13(2)20-15/h6-9H,5,10-12H2,1-4H3,(H,22,25). The maximum absolute atomic E-state index is 12.8. The number of amides is 2. The number of rotatable bonds is 4. The van der Waals surface area contributed by atoms with E-state index in [0.29, 0.717) is 31.1 Å². The van der Waals surface area contributed by atoms with Crippen molar-refractivity contribution in [1.82, 2.24) is 14.9 Å². The Morgan fingerprint density at radius 3 is 2.81 bits per heavy atom. The molecule has 1 aliphatic heterocycles. The van der Waals surface area contributed by atoms with Crippen LogP contribution in [0.2, 0.25) is 0 Å². The number of urea groups is 1. The fourth-order valence-electron chi connectivity index (χ4n) is 3.11. The lowest BCUT2D eigenvalue weighted by molar-refractivity contribution is 0.205. The average molecular weight is 355 g/mol. The molecule has 7 heteroatoms. The molecule has 1 aromatic carbocycles. The van der Waals surface area contributed by atoms with Gasteiger partial charge >= 0.3 is 6.03 Å². The van der Waals surface area contributed by atoms with Crippen molar-refractivity contribution in [3.05, 3.63) is 41.3 Å². The number of carbonyl (C=O) groups is 1. The lowest BCUT2D eigenvalue weighted by atomic mass is 10.1. The normalized spacial score (nSPS) is 13.2. The summed E-state index contributed by atoms with van der Waals surface area (Å²) in [5.74, 6) is 2.31. The molecule has 0 atom stereocenters. The van der Waals surface area contributed by atoms with Crippen LogP contribution >= 0.6 is 0 Å². The SMILES string of the molecule is CCOc1ccccc1NC(=O)N1CCc2nc(C)nc(N(C)C)c2C1. The van der Waals surface area contributed by atoms with E-state index in [1.165, 1.54) is 0 Å². The molecular weight excluding hydrogens is 330 g/mol. The number of para-hydroxylation sites is 2. The summed E-state index contributed by atoms with van der Waals surface area (Å²) in [4.78, 5) is 25.6. The number of hydrogen-bond donors (Lipinski definition) is 1. The Hall–Kier alpha value is -2.83. The molecule has 1 N–H and O–H groups in total. The molecule has 1 aromatic heterocycles. The molecule has 0 bridgehead atoms. The number of nitrogens with one attached hydrogen (secondary N) is 1. The van der Waals surface area contributed by atoms with Crippen molar-refractivity contribution in [1.29, 1.82) is 0 Å². The lowest BCUT2D eigenvalue weighted by Gasteiger charge is -2.31. The zero-order valence-corrected chi connectivity index (χ0v) is 15.7. The van der Waals surface area contributed by atoms with Crippen LogP contribution in [0.15, 0.2) is 24.3 Å². The van der Waals surface area contributed by atoms with Gasteiger partial charge in [0.15, 0.2) is 0 Å². The molecule has 2 aromatic rings. The van der Waals surface area contributed by atoms with Crippen LogP contribution < -0.4 is 15.0 Å². The topological polar surface area (TPSA) is 70.6 Å². The van der Waals surface area contributed by atoms with Gasteiger partial charge < -0.3 is 19.9 Å². The van der Waals surface area contributed by atoms with E-state index in [1.54, 1.807) is 4.90 Å². The highest BCUT2D eigenvalue weighted by molar-refractivity contribution is 5.91. The molecule has 0 saturated carbocycles. The summed E-state index contributed by atoms with van der Waals surface area (Å²) in [6.07, 6.45) is 0.722. The second-order valence-electron chi connectivity index (χ2n) is 6.44. The first kappa shape index (κ1) is 18.0. The van der Waals surface area contributed by atoms with Crippen LogP contribution in [0, 0.1) is 6.92 Å². The fourth-order valence-corrected chi connectivity index (χ4v) is 3.11. The molecule has 0 aliphatic carbocycles. The summed E-state index contributed by atoms with van der Waals surface area (Å²) in [5, 5.41) is 2.96. The van der Waals surface area contributed by atoms with Crippen LogP contribution in [-0.4, -0.2) is 48.1 Å². The van der Waals surface area contributed by atoms with E-state index in [-0.39, 0.29) is 6.03 Å². The van der Waals surface area contributed by atoms with E-state index in [0.717, 1.165) is 29.3 Å². The molecule has 0 saturated heterocycles. The summed E-state index contributed by atoms with van der Waals surface area (Å²) in [6.45, 7) is 5.49. The van der Waals surface area contributed by atoms with Gasteiger partial charge in [-0.15, -0.1) is 0 Å². The molecule has 0 unspecified atom stereocenters. The van der Waals surface area contributed by atoms with Crippen LogP contribution in [0.5, 0.6) is 5.75 Å². The third-order valence-electron chi connectivity index (χ3n) is 4.29. The number of aromatic nitrogens is 2. The first-order valence-corrected chi connectivity index (χ1v) is 8.81. The summed E-state index contributed by atoms with van der Waals surface area (Å²) < 4.78 is 5.59. The minimum absolute atomic E-state index is 0.145. The minimum atomic E-state index is -0.145. The monoisotopic (exact) mass is 355 g/mol. The summed E-state index contributed by atoms with van der Waals surface area (Å²) in [7, 11) is 3.92. The lowest BCUT2D eigenvalue weighted by Crippen LogP contribution is -2.40. The van der Waals surface area contributed by atoms with Crippen molar-refractivity contribution in [2.24, 2.45) is 0 Å². The van der Waals surface area contributed by atoms with Crippen molar-refractivity contribution in [3.63, 3.8) is 0 Å². The predicted octanol–water partition coefficient (Wildman–Crippen LogP) is 2.84. The molecule has 0 spiro atoms. The molecule has 1 aliphatic rings. The Bertz CT molecular complexity index is 807. The number of anilines is 2.